The number of piperidine rings is 1. The number of fused-ring (bicyclic) bond motifs is 1. The smallest absolute Gasteiger partial charge is 0.329 e. The van der Waals surface area contributed by atoms with Gasteiger partial charge in [0.1, 0.15) is 59.7 Å². The maximum absolute atomic E-state index is 15.2. The summed E-state index contributed by atoms with van der Waals surface area (Å²) in [6, 6.07) is -3.42. The Labute approximate surface area is 504 Å². The molecule has 23 nitrogen and oxygen atoms in total. The fourth-order valence-electron chi connectivity index (χ4n) is 11.3. The Morgan fingerprint density at radius 1 is 0.612 bits per heavy atom. The molecule has 0 aromatic heterocycles. The maximum atomic E-state index is 15.2. The second kappa shape index (κ2) is 31.5. The number of amides is 9. The first-order valence-corrected chi connectivity index (χ1v) is 30.0. The zero-order chi connectivity index (χ0) is 64.9. The summed E-state index contributed by atoms with van der Waals surface area (Å²) < 4.78 is 17.0. The van der Waals surface area contributed by atoms with E-state index in [4.69, 9.17) is 14.2 Å². The highest BCUT2D eigenvalue weighted by atomic mass is 16.6. The molecule has 23 heteroatoms. The fourth-order valence-corrected chi connectivity index (χ4v) is 11.3. The topological polar surface area (TPSA) is 262 Å². The Bertz CT molecular complexity index is 2530. The summed E-state index contributed by atoms with van der Waals surface area (Å²) in [6.45, 7) is 23.3. The van der Waals surface area contributed by atoms with E-state index in [1.165, 1.54) is 85.7 Å². The fraction of sp³-hybridized carbons (Fsp3) is 0.726. The number of nitrogens with zero attached hydrogens (tertiary/aromatic N) is 7. The van der Waals surface area contributed by atoms with Gasteiger partial charge in [0.05, 0.1) is 20.1 Å². The maximum Gasteiger partial charge on any atom is 0.329 e. The number of nitrogens with one attached hydrogen (secondary N) is 2. The molecule has 3 rings (SSSR count). The summed E-state index contributed by atoms with van der Waals surface area (Å²) in [5.41, 5.74) is -0.396. The van der Waals surface area contributed by atoms with Crippen LogP contribution in [-0.4, -0.2) is 222 Å². The first kappa shape index (κ1) is 72.4. The monoisotopic (exact) mass is 1200 g/mol. The summed E-state index contributed by atoms with van der Waals surface area (Å²) >= 11 is 0. The summed E-state index contributed by atoms with van der Waals surface area (Å²) in [7, 11) is 9.89. The van der Waals surface area contributed by atoms with E-state index in [0.29, 0.717) is 37.0 Å². The summed E-state index contributed by atoms with van der Waals surface area (Å²) in [6.07, 6.45) is -0.164. The third-order valence-electron chi connectivity index (χ3n) is 16.7. The van der Waals surface area contributed by atoms with Crippen molar-refractivity contribution in [3.63, 3.8) is 0 Å². The van der Waals surface area contributed by atoms with Gasteiger partial charge in [-0.1, -0.05) is 94.2 Å². The summed E-state index contributed by atoms with van der Waals surface area (Å²) in [4.78, 5) is 170. The predicted octanol–water partition coefficient (Wildman–Crippen LogP) is 3.92. The Kier molecular flexibility index (Phi) is 26.9. The van der Waals surface area contributed by atoms with Crippen LogP contribution in [0.3, 0.4) is 0 Å². The SMILES string of the molecule is CC[C@H](C)[C@H]1C(=O)NCC(=O)N(C)[C@@H](C(C)C)C(=O)N(C)[C@@H](Cc2ccc(OC)cc2)C(=O)OC(C)C(=O)N2CCCC[C@H]2C(=O)N(C)[C@@H](C(C)C)C(=O)N[C@@H](C(C)C)C(=O)N(C)[C@@H](CC(=O)OC(C)(C)C)C(=O)N(C)[C@@H]([C@@H](C)CC)C(=O)N1C. The lowest BCUT2D eigenvalue weighted by Crippen LogP contribution is -2.63. The van der Waals surface area contributed by atoms with Crippen LogP contribution in [0.5, 0.6) is 5.75 Å². The molecule has 1 unspecified atom stereocenters. The minimum Gasteiger partial charge on any atom is -0.497 e. The average molecular weight is 1200 g/mol. The van der Waals surface area contributed by atoms with E-state index in [1.54, 1.807) is 100 Å². The van der Waals surface area contributed by atoms with E-state index in [9.17, 15) is 38.4 Å². The van der Waals surface area contributed by atoms with Crippen LogP contribution in [0.15, 0.2) is 24.3 Å². The van der Waals surface area contributed by atoms with Crippen molar-refractivity contribution in [2.24, 2.45) is 29.6 Å². The molecule has 0 radical (unpaired) electrons. The van der Waals surface area contributed by atoms with Gasteiger partial charge in [-0.2, -0.15) is 0 Å². The number of cyclic esters (lactones) is 1. The number of likely N-dealkylation sites (N-methyl/N-ethyl adjacent to an activating group) is 6. The molecule has 85 heavy (non-hydrogen) atoms. The highest BCUT2D eigenvalue weighted by Crippen LogP contribution is 2.28. The molecule has 2 heterocycles. The zero-order valence-electron chi connectivity index (χ0n) is 54.6. The van der Waals surface area contributed by atoms with E-state index >= 15 is 14.4 Å². The van der Waals surface area contributed by atoms with E-state index in [2.05, 4.69) is 10.6 Å². The molecule has 2 aliphatic heterocycles. The third-order valence-corrected chi connectivity index (χ3v) is 16.7. The van der Waals surface area contributed by atoms with Gasteiger partial charge >= 0.3 is 11.9 Å². The standard InChI is InChI=1S/C62H101N9O14/c1-22-38(9)51-53(74)63-34-46(72)67(17)50(37(7)8)59(80)66(16)45(32-41-27-29-42(83-21)30-28-41)61(82)84-40(11)55(76)71-31-25-24-26-43(71)56(77)68(18)49(36(5)6)54(75)64-48(35(3)4)58(79)65(15)44(33-47(73)85-62(12,13)14)57(78)70(20)52(39(10)23-2)60(81)69(51)19/h27-30,35-40,43-45,48-52H,22-26,31-34H2,1-21H3,(H,63,74)(H,64,75)/t38-,39-,40?,43-,44-,45-,48-,49-,50-,51-,52-/m0/s1. The number of ether oxygens (including phenoxy) is 3. The Morgan fingerprint density at radius 2 is 1.13 bits per heavy atom. The lowest BCUT2D eigenvalue weighted by molar-refractivity contribution is -0.168. The van der Waals surface area contributed by atoms with Crippen molar-refractivity contribution in [2.75, 3.05) is 62.5 Å². The number of rotatable bonds is 12. The van der Waals surface area contributed by atoms with Gasteiger partial charge in [-0.25, -0.2) is 4.79 Å². The Hall–Kier alpha value is -6.81. The molecule has 2 saturated heterocycles. The van der Waals surface area contributed by atoms with Gasteiger partial charge in [-0.3, -0.25) is 47.9 Å². The van der Waals surface area contributed by atoms with Gasteiger partial charge in [0.15, 0.2) is 6.10 Å². The van der Waals surface area contributed by atoms with Gasteiger partial charge in [0, 0.05) is 55.3 Å². The quantitative estimate of drug-likeness (QED) is 0.281. The zero-order valence-corrected chi connectivity index (χ0v) is 54.6. The van der Waals surface area contributed by atoms with Crippen LogP contribution < -0.4 is 15.4 Å². The van der Waals surface area contributed by atoms with Gasteiger partial charge in [-0.05, 0) is 94.2 Å². The van der Waals surface area contributed by atoms with Crippen LogP contribution in [0, 0.1) is 29.6 Å². The first-order chi connectivity index (χ1) is 39.5. The second-order valence-electron chi connectivity index (χ2n) is 25.2. The molecule has 1 aromatic rings. The van der Waals surface area contributed by atoms with Crippen LogP contribution in [0.1, 0.15) is 141 Å². The number of hydrogen-bond donors (Lipinski definition) is 2. The van der Waals surface area contributed by atoms with E-state index in [1.807, 2.05) is 13.8 Å². The highest BCUT2D eigenvalue weighted by Gasteiger charge is 2.47. The van der Waals surface area contributed by atoms with Gasteiger partial charge in [-0.15, -0.1) is 0 Å². The first-order valence-electron chi connectivity index (χ1n) is 30.0. The largest absolute Gasteiger partial charge is 0.497 e. The third kappa shape index (κ3) is 18.4. The molecule has 2 aliphatic rings. The van der Waals surface area contributed by atoms with Crippen LogP contribution in [0.2, 0.25) is 0 Å². The molecule has 9 amide bonds. The normalized spacial score (nSPS) is 26.2. The van der Waals surface area contributed by atoms with Crippen molar-refractivity contribution in [3.8, 4) is 5.75 Å². The van der Waals surface area contributed by atoms with Gasteiger partial charge in [0.25, 0.3) is 5.91 Å². The summed E-state index contributed by atoms with van der Waals surface area (Å²) in [5.74, 6) is -10.2. The lowest BCUT2D eigenvalue weighted by Gasteiger charge is -2.41. The van der Waals surface area contributed by atoms with Crippen molar-refractivity contribution >= 4 is 65.1 Å². The predicted molar refractivity (Wildman–Crippen MR) is 320 cm³/mol. The van der Waals surface area contributed by atoms with Gasteiger partial charge in [0.2, 0.25) is 47.3 Å². The van der Waals surface area contributed by atoms with Crippen molar-refractivity contribution in [3.05, 3.63) is 29.8 Å². The molecular weight excluding hydrogens is 1090 g/mol. The Morgan fingerprint density at radius 3 is 1.65 bits per heavy atom. The number of hydrogen-bond acceptors (Lipinski definition) is 14. The second-order valence-corrected chi connectivity index (χ2v) is 25.2. The van der Waals surface area contributed by atoms with Crippen LogP contribution in [0.4, 0.5) is 0 Å². The molecule has 11 atom stereocenters. The molecule has 0 aliphatic carbocycles. The van der Waals surface area contributed by atoms with Crippen molar-refractivity contribution < 1.29 is 67.0 Å². The highest BCUT2D eigenvalue weighted by molar-refractivity contribution is 5.99. The molecule has 0 bridgehead atoms. The lowest BCUT2D eigenvalue weighted by atomic mass is 9.92. The minimum atomic E-state index is -1.59. The van der Waals surface area contributed by atoms with E-state index in [0.717, 1.165) is 4.90 Å². The summed E-state index contributed by atoms with van der Waals surface area (Å²) in [5, 5.41) is 5.55. The molecule has 2 fully saturated rings. The van der Waals surface area contributed by atoms with Crippen molar-refractivity contribution in [1.82, 2.24) is 44.9 Å². The number of benzene rings is 1. The van der Waals surface area contributed by atoms with Crippen LogP contribution >= 0.6 is 0 Å². The van der Waals surface area contributed by atoms with E-state index in [-0.39, 0.29) is 19.4 Å². The molecule has 2 N–H and O–H groups in total. The average Bonchev–Trinajstić information content (AvgIpc) is 2.34. The Balaban J connectivity index is 2.34. The van der Waals surface area contributed by atoms with Crippen molar-refractivity contribution in [1.29, 1.82) is 0 Å². The molecular formula is C62H101N9O14. The van der Waals surface area contributed by atoms with E-state index < -0.39 is 168 Å². The number of methoxy groups -OCH3 is 1. The molecule has 0 spiro atoms. The number of carbonyl (C=O) groups excluding carboxylic acids is 11. The van der Waals surface area contributed by atoms with Gasteiger partial charge < -0.3 is 59.1 Å². The minimum absolute atomic E-state index is 0.0872. The van der Waals surface area contributed by atoms with Crippen LogP contribution in [0.25, 0.3) is 0 Å². The molecule has 478 valence electrons. The number of esters is 2. The molecule has 0 saturated carbocycles. The number of carbonyl (C=O) groups is 11. The molecule has 1 aromatic carbocycles. The van der Waals surface area contributed by atoms with Crippen molar-refractivity contribution in [2.45, 2.75) is 202 Å². The van der Waals surface area contributed by atoms with Crippen LogP contribution in [-0.2, 0) is 68.6 Å².